The fourth-order valence-electron chi connectivity index (χ4n) is 3.21. The number of nitrogens with one attached hydrogen (secondary N) is 1. The van der Waals surface area contributed by atoms with Crippen LogP contribution in [0.2, 0.25) is 0 Å². The van der Waals surface area contributed by atoms with Crippen molar-refractivity contribution in [2.24, 2.45) is 0 Å². The number of benzene rings is 2. The largest absolute Gasteiger partial charge is 0.347 e. The minimum atomic E-state index is -0.231. The van der Waals surface area contributed by atoms with E-state index < -0.39 is 0 Å². The molecule has 0 aromatic heterocycles. The first-order valence-corrected chi connectivity index (χ1v) is 8.55. The summed E-state index contributed by atoms with van der Waals surface area (Å²) in [5.74, 6) is -0.0217. The van der Waals surface area contributed by atoms with Gasteiger partial charge in [-0.2, -0.15) is 0 Å². The molecule has 3 nitrogen and oxygen atoms in total. The van der Waals surface area contributed by atoms with Crippen LogP contribution >= 0.6 is 0 Å². The average molecular weight is 321 g/mol. The lowest BCUT2D eigenvalue weighted by Gasteiger charge is -2.43. The molecular weight excluding hydrogens is 298 g/mol. The molecule has 1 fully saturated rings. The molecule has 0 saturated heterocycles. The number of hydrogen-bond donors (Lipinski definition) is 1. The smallest absolute Gasteiger partial charge is 0.221 e. The van der Waals surface area contributed by atoms with Crippen LogP contribution in [0.5, 0.6) is 0 Å². The van der Waals surface area contributed by atoms with Crippen molar-refractivity contribution in [1.29, 1.82) is 0 Å². The van der Waals surface area contributed by atoms with Gasteiger partial charge in [0.25, 0.3) is 0 Å². The van der Waals surface area contributed by atoms with Gasteiger partial charge in [-0.1, -0.05) is 60.2 Å². The average Bonchev–Trinajstić information content (AvgIpc) is 2.57. The maximum atomic E-state index is 12.4. The predicted octanol–water partition coefficient (Wildman–Crippen LogP) is 4.15. The highest BCUT2D eigenvalue weighted by atomic mass is 16.2. The van der Waals surface area contributed by atoms with Crippen molar-refractivity contribution in [2.75, 3.05) is 0 Å². The lowest BCUT2D eigenvalue weighted by atomic mass is 9.71. The van der Waals surface area contributed by atoms with E-state index >= 15 is 0 Å². The van der Waals surface area contributed by atoms with Gasteiger partial charge < -0.3 is 5.32 Å². The van der Waals surface area contributed by atoms with Gasteiger partial charge in [0.15, 0.2) is 5.78 Å². The van der Waals surface area contributed by atoms with Crippen molar-refractivity contribution in [3.8, 4) is 0 Å². The van der Waals surface area contributed by atoms with Gasteiger partial charge in [0.2, 0.25) is 5.91 Å². The van der Waals surface area contributed by atoms with Crippen LogP contribution in [0.1, 0.15) is 53.6 Å². The second-order valence-corrected chi connectivity index (χ2v) is 6.64. The van der Waals surface area contributed by atoms with Gasteiger partial charge in [-0.15, -0.1) is 0 Å². The summed E-state index contributed by atoms with van der Waals surface area (Å²) in [7, 11) is 0. The Morgan fingerprint density at radius 1 is 0.958 bits per heavy atom. The Morgan fingerprint density at radius 3 is 2.21 bits per heavy atom. The molecule has 0 radical (unpaired) electrons. The summed E-state index contributed by atoms with van der Waals surface area (Å²) in [4.78, 5) is 24.6. The molecule has 124 valence electrons. The van der Waals surface area contributed by atoms with Crippen molar-refractivity contribution in [3.63, 3.8) is 0 Å². The Morgan fingerprint density at radius 2 is 1.62 bits per heavy atom. The van der Waals surface area contributed by atoms with Crippen LogP contribution in [-0.2, 0) is 10.3 Å². The Balaban J connectivity index is 1.57. The summed E-state index contributed by atoms with van der Waals surface area (Å²) < 4.78 is 0. The normalized spacial score (nSPS) is 15.4. The summed E-state index contributed by atoms with van der Waals surface area (Å²) in [6.07, 6.45) is 3.54. The number of amides is 1. The molecular formula is C21H23NO2. The molecule has 1 aliphatic carbocycles. The summed E-state index contributed by atoms with van der Waals surface area (Å²) in [5, 5.41) is 3.17. The molecule has 2 aromatic carbocycles. The minimum absolute atomic E-state index is 0.0209. The van der Waals surface area contributed by atoms with Crippen LogP contribution in [-0.4, -0.2) is 11.7 Å². The molecule has 3 heteroatoms. The Labute approximate surface area is 143 Å². The van der Waals surface area contributed by atoms with E-state index in [2.05, 4.69) is 17.4 Å². The maximum absolute atomic E-state index is 12.4. The lowest BCUT2D eigenvalue weighted by Crippen LogP contribution is -2.50. The summed E-state index contributed by atoms with van der Waals surface area (Å²) in [5.41, 5.74) is 2.73. The molecule has 0 bridgehead atoms. The van der Waals surface area contributed by atoms with Crippen LogP contribution in [0, 0.1) is 6.92 Å². The van der Waals surface area contributed by atoms with Crippen molar-refractivity contribution in [1.82, 2.24) is 5.32 Å². The molecule has 0 heterocycles. The number of aryl methyl sites for hydroxylation is 1. The van der Waals surface area contributed by atoms with E-state index in [-0.39, 0.29) is 30.1 Å². The highest BCUT2D eigenvalue weighted by Crippen LogP contribution is 2.41. The van der Waals surface area contributed by atoms with Crippen LogP contribution < -0.4 is 5.32 Å². The van der Waals surface area contributed by atoms with Crippen molar-refractivity contribution in [3.05, 3.63) is 71.3 Å². The fourth-order valence-corrected chi connectivity index (χ4v) is 3.21. The van der Waals surface area contributed by atoms with E-state index in [1.165, 1.54) is 0 Å². The van der Waals surface area contributed by atoms with E-state index in [0.717, 1.165) is 30.4 Å². The van der Waals surface area contributed by atoms with Gasteiger partial charge in [0.05, 0.1) is 5.54 Å². The number of ketones is 1. The number of rotatable bonds is 6. The van der Waals surface area contributed by atoms with Gasteiger partial charge in [-0.05, 0) is 31.7 Å². The van der Waals surface area contributed by atoms with E-state index in [4.69, 9.17) is 0 Å². The number of Topliss-reactive ketones (excluding diaryl/α,β-unsaturated/α-hetero) is 1. The first-order valence-electron chi connectivity index (χ1n) is 8.55. The van der Waals surface area contributed by atoms with Gasteiger partial charge in [0.1, 0.15) is 0 Å². The molecule has 0 spiro atoms. The highest BCUT2D eigenvalue weighted by Gasteiger charge is 2.39. The Hall–Kier alpha value is -2.42. The van der Waals surface area contributed by atoms with Crippen LogP contribution in [0.25, 0.3) is 0 Å². The van der Waals surface area contributed by atoms with Crippen LogP contribution in [0.4, 0.5) is 0 Å². The zero-order chi connectivity index (χ0) is 17.0. The molecule has 24 heavy (non-hydrogen) atoms. The topological polar surface area (TPSA) is 46.2 Å². The molecule has 1 N–H and O–H groups in total. The maximum Gasteiger partial charge on any atom is 0.221 e. The van der Waals surface area contributed by atoms with Crippen molar-refractivity contribution in [2.45, 2.75) is 44.6 Å². The number of hydrogen-bond acceptors (Lipinski definition) is 2. The van der Waals surface area contributed by atoms with Gasteiger partial charge in [-0.25, -0.2) is 0 Å². The standard InChI is InChI=1S/C21H23NO2/c1-16-8-10-17(11-9-16)19(23)12-13-20(24)22-21(14-5-15-21)18-6-3-2-4-7-18/h2-4,6-11H,5,12-15H2,1H3,(H,22,24). The molecule has 1 aliphatic rings. The Bertz CT molecular complexity index is 715. The predicted molar refractivity (Wildman–Crippen MR) is 94.9 cm³/mol. The molecule has 3 rings (SSSR count). The van der Waals surface area contributed by atoms with E-state index in [1.807, 2.05) is 49.4 Å². The third-order valence-electron chi connectivity index (χ3n) is 4.86. The van der Waals surface area contributed by atoms with E-state index in [9.17, 15) is 9.59 Å². The SMILES string of the molecule is Cc1ccc(C(=O)CCC(=O)NC2(c3ccccc3)CCC2)cc1. The number of carbonyl (C=O) groups is 2. The summed E-state index contributed by atoms with van der Waals surface area (Å²) >= 11 is 0. The first kappa shape index (κ1) is 16.4. The van der Waals surface area contributed by atoms with Crippen LogP contribution in [0.15, 0.2) is 54.6 Å². The molecule has 2 aromatic rings. The molecule has 1 saturated carbocycles. The quantitative estimate of drug-likeness (QED) is 0.812. The third-order valence-corrected chi connectivity index (χ3v) is 4.86. The van der Waals surface area contributed by atoms with Gasteiger partial charge in [0, 0.05) is 18.4 Å². The van der Waals surface area contributed by atoms with Crippen molar-refractivity contribution < 1.29 is 9.59 Å². The zero-order valence-electron chi connectivity index (χ0n) is 14.0. The molecule has 1 amide bonds. The zero-order valence-corrected chi connectivity index (χ0v) is 14.0. The minimum Gasteiger partial charge on any atom is -0.347 e. The van der Waals surface area contributed by atoms with Crippen LogP contribution in [0.3, 0.4) is 0 Å². The second kappa shape index (κ2) is 7.00. The van der Waals surface area contributed by atoms with Gasteiger partial charge in [-0.3, -0.25) is 9.59 Å². The number of carbonyl (C=O) groups excluding carboxylic acids is 2. The lowest BCUT2D eigenvalue weighted by molar-refractivity contribution is -0.124. The third kappa shape index (κ3) is 3.56. The monoisotopic (exact) mass is 321 g/mol. The fraction of sp³-hybridized carbons (Fsp3) is 0.333. The Kier molecular flexibility index (Phi) is 4.79. The molecule has 0 aliphatic heterocycles. The van der Waals surface area contributed by atoms with Gasteiger partial charge >= 0.3 is 0 Å². The molecule has 0 unspecified atom stereocenters. The first-order chi connectivity index (χ1) is 11.6. The summed E-state index contributed by atoms with van der Waals surface area (Å²) in [6.45, 7) is 1.99. The van der Waals surface area contributed by atoms with E-state index in [0.29, 0.717) is 5.56 Å². The van der Waals surface area contributed by atoms with Crippen molar-refractivity contribution >= 4 is 11.7 Å². The summed E-state index contributed by atoms with van der Waals surface area (Å²) in [6, 6.07) is 17.6. The highest BCUT2D eigenvalue weighted by molar-refractivity contribution is 5.98. The second-order valence-electron chi connectivity index (χ2n) is 6.64. The molecule has 0 atom stereocenters. The van der Waals surface area contributed by atoms with E-state index in [1.54, 1.807) is 0 Å².